The average Bonchev–Trinajstić information content (AvgIpc) is 2.37. The van der Waals surface area contributed by atoms with E-state index in [2.05, 4.69) is 18.5 Å². The maximum atomic E-state index is 12.0. The number of thiol groups is 1. The first kappa shape index (κ1) is 17.7. The van der Waals surface area contributed by atoms with Gasteiger partial charge in [0.1, 0.15) is 5.60 Å². The predicted molar refractivity (Wildman–Crippen MR) is 83.2 cm³/mol. The topological polar surface area (TPSA) is 55.8 Å². The molecule has 1 aliphatic rings. The first-order chi connectivity index (χ1) is 9.71. The summed E-state index contributed by atoms with van der Waals surface area (Å²) in [7, 11) is 0. The molecule has 0 bridgehead atoms. The third-order valence-electron chi connectivity index (χ3n) is 3.11. The Labute approximate surface area is 131 Å². The van der Waals surface area contributed by atoms with Crippen LogP contribution in [-0.4, -0.2) is 47.0 Å². The van der Waals surface area contributed by atoms with Crippen molar-refractivity contribution in [3.63, 3.8) is 0 Å². The van der Waals surface area contributed by atoms with Gasteiger partial charge in [-0.2, -0.15) is 12.6 Å². The fourth-order valence-electron chi connectivity index (χ4n) is 2.01. The quantitative estimate of drug-likeness (QED) is 0.493. The minimum atomic E-state index is -0.918. The van der Waals surface area contributed by atoms with Crippen LogP contribution in [0.3, 0.4) is 0 Å². The summed E-state index contributed by atoms with van der Waals surface area (Å²) in [4.78, 5) is 25.2. The van der Waals surface area contributed by atoms with Gasteiger partial charge in [-0.25, -0.2) is 4.79 Å². The Morgan fingerprint density at radius 1 is 1.33 bits per heavy atom. The molecule has 1 heterocycles. The van der Waals surface area contributed by atoms with Gasteiger partial charge in [0, 0.05) is 31.7 Å². The lowest BCUT2D eigenvalue weighted by atomic mass is 9.92. The minimum Gasteiger partial charge on any atom is -0.446 e. The van der Waals surface area contributed by atoms with Crippen molar-refractivity contribution in [3.8, 4) is 12.3 Å². The van der Waals surface area contributed by atoms with Gasteiger partial charge >= 0.3 is 12.1 Å². The molecule has 21 heavy (non-hydrogen) atoms. The summed E-state index contributed by atoms with van der Waals surface area (Å²) in [6, 6.07) is 0. The Balaban J connectivity index is 2.58. The highest BCUT2D eigenvalue weighted by atomic mass is 32.1. The van der Waals surface area contributed by atoms with Crippen LogP contribution in [0.4, 0.5) is 4.79 Å². The van der Waals surface area contributed by atoms with E-state index in [1.807, 2.05) is 20.8 Å². The number of piperidine rings is 1. The number of carbonyl (C=O) groups is 2. The lowest BCUT2D eigenvalue weighted by Crippen LogP contribution is -2.49. The molecule has 0 atom stereocenters. The normalized spacial score (nSPS) is 17.8. The van der Waals surface area contributed by atoms with E-state index in [1.54, 1.807) is 4.90 Å². The van der Waals surface area contributed by atoms with Crippen molar-refractivity contribution in [1.29, 1.82) is 0 Å². The number of carbonyl (C=O) groups excluding carboxylic acids is 2. The van der Waals surface area contributed by atoms with Crippen LogP contribution in [0, 0.1) is 12.3 Å². The van der Waals surface area contributed by atoms with E-state index in [1.165, 1.54) is 0 Å². The van der Waals surface area contributed by atoms with Crippen molar-refractivity contribution >= 4 is 24.7 Å². The fraction of sp³-hybridized carbons (Fsp3) is 0.733. The zero-order valence-corrected chi connectivity index (χ0v) is 13.7. The van der Waals surface area contributed by atoms with Crippen LogP contribution in [0.1, 0.15) is 40.0 Å². The Bertz CT molecular complexity index is 428. The molecule has 0 aromatic rings. The van der Waals surface area contributed by atoms with Crippen LogP contribution in [0.25, 0.3) is 0 Å². The van der Waals surface area contributed by atoms with E-state index < -0.39 is 11.2 Å². The van der Waals surface area contributed by atoms with Gasteiger partial charge in [-0.05, 0) is 20.8 Å². The minimum absolute atomic E-state index is 0.225. The van der Waals surface area contributed by atoms with Gasteiger partial charge < -0.3 is 14.4 Å². The fourth-order valence-corrected chi connectivity index (χ4v) is 2.20. The number of hydrogen-bond donors (Lipinski definition) is 1. The molecule has 118 valence electrons. The van der Waals surface area contributed by atoms with Crippen molar-refractivity contribution in [2.24, 2.45) is 0 Å². The summed E-state index contributed by atoms with van der Waals surface area (Å²) < 4.78 is 10.7. The molecular formula is C15H23NO4S. The van der Waals surface area contributed by atoms with Crippen LogP contribution >= 0.6 is 12.6 Å². The lowest BCUT2D eigenvalue weighted by molar-refractivity contribution is -0.157. The number of terminal acetylenes is 1. The van der Waals surface area contributed by atoms with Gasteiger partial charge in [0.2, 0.25) is 0 Å². The molecule has 0 N–H and O–H groups in total. The SMILES string of the molecule is C#CC1(OC(=O)CCS)CCN(C(=O)OC(C)(C)C)CC1. The Kier molecular flexibility index (Phi) is 5.97. The van der Waals surface area contributed by atoms with E-state index in [0.29, 0.717) is 31.7 Å². The highest BCUT2D eigenvalue weighted by Crippen LogP contribution is 2.27. The van der Waals surface area contributed by atoms with E-state index >= 15 is 0 Å². The van der Waals surface area contributed by atoms with Gasteiger partial charge in [0.05, 0.1) is 6.42 Å². The lowest BCUT2D eigenvalue weighted by Gasteiger charge is -2.38. The molecule has 1 aliphatic heterocycles. The highest BCUT2D eigenvalue weighted by molar-refractivity contribution is 7.80. The molecule has 0 aromatic heterocycles. The van der Waals surface area contributed by atoms with Crippen molar-refractivity contribution in [3.05, 3.63) is 0 Å². The zero-order chi connectivity index (χ0) is 16.1. The molecule has 0 radical (unpaired) electrons. The predicted octanol–water partition coefficient (Wildman–Crippen LogP) is 2.25. The molecule has 1 rings (SSSR count). The summed E-state index contributed by atoms with van der Waals surface area (Å²) >= 11 is 3.99. The van der Waals surface area contributed by atoms with Crippen LogP contribution < -0.4 is 0 Å². The molecule has 0 aromatic carbocycles. The van der Waals surface area contributed by atoms with Crippen molar-refractivity contribution < 1.29 is 19.1 Å². The molecule has 0 aliphatic carbocycles. The Morgan fingerprint density at radius 2 is 1.90 bits per heavy atom. The first-order valence-corrected chi connectivity index (χ1v) is 7.63. The standard InChI is InChI=1S/C15H23NO4S/c1-5-15(19-12(17)6-11-21)7-9-16(10-8-15)13(18)20-14(2,3)4/h1,21H,6-11H2,2-4H3. The summed E-state index contributed by atoms with van der Waals surface area (Å²) in [5, 5.41) is 0. The second-order valence-corrected chi connectivity index (χ2v) is 6.50. The number of ether oxygens (including phenoxy) is 2. The number of hydrogen-bond acceptors (Lipinski definition) is 5. The monoisotopic (exact) mass is 313 g/mol. The van der Waals surface area contributed by atoms with Crippen molar-refractivity contribution in [1.82, 2.24) is 4.90 Å². The number of nitrogens with zero attached hydrogens (tertiary/aromatic N) is 1. The zero-order valence-electron chi connectivity index (χ0n) is 12.8. The van der Waals surface area contributed by atoms with Gasteiger partial charge in [0.15, 0.2) is 5.60 Å². The van der Waals surface area contributed by atoms with Gasteiger partial charge in [0.25, 0.3) is 0 Å². The third kappa shape index (κ3) is 5.50. The largest absolute Gasteiger partial charge is 0.446 e. The van der Waals surface area contributed by atoms with Crippen LogP contribution in [0.5, 0.6) is 0 Å². The number of esters is 1. The summed E-state index contributed by atoms with van der Waals surface area (Å²) in [5.74, 6) is 2.63. The molecule has 1 fully saturated rings. The molecular weight excluding hydrogens is 290 g/mol. The molecule has 6 heteroatoms. The number of amides is 1. The van der Waals surface area contributed by atoms with Gasteiger partial charge in [-0.1, -0.05) is 5.92 Å². The molecule has 0 saturated carbocycles. The Hall–Kier alpha value is -1.35. The van der Waals surface area contributed by atoms with Gasteiger partial charge in [-0.15, -0.1) is 6.42 Å². The molecule has 0 spiro atoms. The van der Waals surface area contributed by atoms with Crippen LogP contribution in [0.2, 0.25) is 0 Å². The van der Waals surface area contributed by atoms with Gasteiger partial charge in [-0.3, -0.25) is 4.79 Å². The maximum absolute atomic E-state index is 12.0. The summed E-state index contributed by atoms with van der Waals surface area (Å²) in [6.45, 7) is 6.28. The second kappa shape index (κ2) is 7.08. The second-order valence-electron chi connectivity index (χ2n) is 6.05. The molecule has 1 amide bonds. The molecule has 1 saturated heterocycles. The van der Waals surface area contributed by atoms with Crippen LogP contribution in [0.15, 0.2) is 0 Å². The number of likely N-dealkylation sites (tertiary alicyclic amines) is 1. The number of rotatable bonds is 3. The van der Waals surface area contributed by atoms with Crippen LogP contribution in [-0.2, 0) is 14.3 Å². The summed E-state index contributed by atoms with van der Waals surface area (Å²) in [5.41, 5.74) is -1.45. The van der Waals surface area contributed by atoms with E-state index in [0.717, 1.165) is 0 Å². The van der Waals surface area contributed by atoms with Crippen molar-refractivity contribution in [2.45, 2.75) is 51.2 Å². The van der Waals surface area contributed by atoms with E-state index in [4.69, 9.17) is 15.9 Å². The van der Waals surface area contributed by atoms with E-state index in [-0.39, 0.29) is 18.5 Å². The highest BCUT2D eigenvalue weighted by Gasteiger charge is 2.38. The van der Waals surface area contributed by atoms with E-state index in [9.17, 15) is 9.59 Å². The first-order valence-electron chi connectivity index (χ1n) is 7.00. The smallest absolute Gasteiger partial charge is 0.410 e. The maximum Gasteiger partial charge on any atom is 0.410 e. The van der Waals surface area contributed by atoms with Crippen molar-refractivity contribution in [2.75, 3.05) is 18.8 Å². The molecule has 5 nitrogen and oxygen atoms in total. The average molecular weight is 313 g/mol. The molecule has 0 unspecified atom stereocenters. The third-order valence-corrected chi connectivity index (χ3v) is 3.33. The summed E-state index contributed by atoms with van der Waals surface area (Å²) in [6.07, 6.45) is 6.22. The Morgan fingerprint density at radius 3 is 2.33 bits per heavy atom.